The van der Waals surface area contributed by atoms with Crippen LogP contribution in [0.4, 0.5) is 5.00 Å². The zero-order chi connectivity index (χ0) is 21.2. The normalized spacial score (nSPS) is 17.5. The highest BCUT2D eigenvalue weighted by Crippen LogP contribution is 2.37. The van der Waals surface area contributed by atoms with Gasteiger partial charge in [0, 0.05) is 24.5 Å². The fourth-order valence-electron chi connectivity index (χ4n) is 3.98. The number of fused-ring (bicyclic) bond motifs is 2. The third kappa shape index (κ3) is 4.00. The number of nitrogens with one attached hydrogen (secondary N) is 1. The second-order valence-electron chi connectivity index (χ2n) is 7.62. The van der Waals surface area contributed by atoms with E-state index in [1.54, 1.807) is 6.07 Å². The molecule has 2 aromatic carbocycles. The Labute approximate surface area is 184 Å². The molecule has 7 heteroatoms. The van der Waals surface area contributed by atoms with Gasteiger partial charge in [-0.05, 0) is 29.7 Å². The van der Waals surface area contributed by atoms with Crippen molar-refractivity contribution < 1.29 is 14.3 Å². The van der Waals surface area contributed by atoms with Crippen molar-refractivity contribution in [2.75, 3.05) is 18.5 Å². The summed E-state index contributed by atoms with van der Waals surface area (Å²) in [6.45, 7) is 2.67. The summed E-state index contributed by atoms with van der Waals surface area (Å²) >= 11 is 1.49. The number of nitrogens with zero attached hydrogens (tertiary/aromatic N) is 2. The Bertz CT molecular complexity index is 1150. The number of rotatable bonds is 4. The number of hydrogen-bond acceptors (Lipinski definition) is 6. The highest BCUT2D eigenvalue weighted by Gasteiger charge is 2.30. The number of anilines is 1. The fraction of sp³-hybridized carbons (Fsp3) is 0.250. The van der Waals surface area contributed by atoms with Crippen molar-refractivity contribution in [1.82, 2.24) is 4.90 Å². The maximum atomic E-state index is 12.8. The molecule has 0 spiro atoms. The number of thiophene rings is 1. The first kappa shape index (κ1) is 19.6. The van der Waals surface area contributed by atoms with Crippen LogP contribution in [0.15, 0.2) is 54.6 Å². The van der Waals surface area contributed by atoms with Crippen LogP contribution in [-0.4, -0.2) is 30.1 Å². The molecular formula is C24H21N3O3S. The van der Waals surface area contributed by atoms with Gasteiger partial charge < -0.3 is 14.8 Å². The van der Waals surface area contributed by atoms with Crippen molar-refractivity contribution >= 4 is 22.2 Å². The van der Waals surface area contributed by atoms with E-state index in [4.69, 9.17) is 9.47 Å². The van der Waals surface area contributed by atoms with Crippen LogP contribution in [0.25, 0.3) is 0 Å². The van der Waals surface area contributed by atoms with Gasteiger partial charge in [-0.25, -0.2) is 0 Å². The first-order valence-corrected chi connectivity index (χ1v) is 11.0. The van der Waals surface area contributed by atoms with Gasteiger partial charge in [0.2, 0.25) is 6.10 Å². The minimum atomic E-state index is -0.754. The lowest BCUT2D eigenvalue weighted by atomic mass is 10.0. The summed E-state index contributed by atoms with van der Waals surface area (Å²) in [5.74, 6) is 0.886. The van der Waals surface area contributed by atoms with E-state index in [1.807, 2.05) is 36.4 Å². The zero-order valence-corrected chi connectivity index (χ0v) is 17.7. The van der Waals surface area contributed by atoms with Crippen LogP contribution in [0.2, 0.25) is 0 Å². The molecule has 5 rings (SSSR count). The quantitative estimate of drug-likeness (QED) is 0.677. The molecule has 1 atom stereocenters. The van der Waals surface area contributed by atoms with Crippen LogP contribution in [0.5, 0.6) is 11.5 Å². The Balaban J connectivity index is 1.30. The van der Waals surface area contributed by atoms with Crippen LogP contribution in [0, 0.1) is 11.3 Å². The zero-order valence-electron chi connectivity index (χ0n) is 16.8. The van der Waals surface area contributed by atoms with Crippen molar-refractivity contribution in [3.8, 4) is 17.6 Å². The third-order valence-corrected chi connectivity index (χ3v) is 6.67. The van der Waals surface area contributed by atoms with E-state index in [1.165, 1.54) is 16.9 Å². The summed E-state index contributed by atoms with van der Waals surface area (Å²) in [6, 6.07) is 20.0. The molecule has 3 heterocycles. The molecule has 6 nitrogen and oxygen atoms in total. The van der Waals surface area contributed by atoms with Gasteiger partial charge in [-0.1, -0.05) is 42.5 Å². The van der Waals surface area contributed by atoms with E-state index in [0.717, 1.165) is 36.5 Å². The average Bonchev–Trinajstić information content (AvgIpc) is 3.15. The predicted octanol–water partition coefficient (Wildman–Crippen LogP) is 3.96. The highest BCUT2D eigenvalue weighted by molar-refractivity contribution is 7.16. The van der Waals surface area contributed by atoms with Gasteiger partial charge in [0.05, 0.1) is 5.56 Å². The maximum absolute atomic E-state index is 12.8. The van der Waals surface area contributed by atoms with Crippen LogP contribution in [-0.2, 0) is 24.3 Å². The van der Waals surface area contributed by atoms with Crippen molar-refractivity contribution in [3.63, 3.8) is 0 Å². The Hall–Kier alpha value is -3.34. The van der Waals surface area contributed by atoms with Gasteiger partial charge in [-0.3, -0.25) is 9.69 Å². The summed E-state index contributed by atoms with van der Waals surface area (Å²) in [7, 11) is 0. The number of hydrogen-bond donors (Lipinski definition) is 1. The molecule has 0 saturated heterocycles. The molecule has 2 aliphatic rings. The van der Waals surface area contributed by atoms with E-state index in [9.17, 15) is 10.1 Å². The predicted molar refractivity (Wildman–Crippen MR) is 118 cm³/mol. The van der Waals surface area contributed by atoms with Gasteiger partial charge in [-0.2, -0.15) is 5.26 Å². The largest absolute Gasteiger partial charge is 0.485 e. The number of ether oxygens (including phenoxy) is 2. The van der Waals surface area contributed by atoms with Crippen LogP contribution < -0.4 is 14.8 Å². The Morgan fingerprint density at radius 3 is 2.74 bits per heavy atom. The molecule has 0 unspecified atom stereocenters. The van der Waals surface area contributed by atoms with E-state index >= 15 is 0 Å². The third-order valence-electron chi connectivity index (χ3n) is 5.53. The minimum absolute atomic E-state index is 0.140. The minimum Gasteiger partial charge on any atom is -0.485 e. The van der Waals surface area contributed by atoms with Crippen LogP contribution in [0.3, 0.4) is 0 Å². The number of para-hydroxylation sites is 2. The monoisotopic (exact) mass is 431 g/mol. The molecular weight excluding hydrogens is 410 g/mol. The Kier molecular flexibility index (Phi) is 5.33. The number of nitriles is 1. The SMILES string of the molecule is N#Cc1c(NC(=O)[C@H]2COc3ccccc3O2)sc2c1CCN(Cc1ccccc1)C2. The number of carbonyl (C=O) groups is 1. The topological polar surface area (TPSA) is 74.6 Å². The van der Waals surface area contributed by atoms with Gasteiger partial charge in [-0.15, -0.1) is 11.3 Å². The second kappa shape index (κ2) is 8.42. The average molecular weight is 432 g/mol. The van der Waals surface area contributed by atoms with Gasteiger partial charge in [0.25, 0.3) is 5.91 Å². The summed E-state index contributed by atoms with van der Waals surface area (Å²) in [5.41, 5.74) is 2.90. The lowest BCUT2D eigenvalue weighted by Gasteiger charge is -2.26. The number of carbonyl (C=O) groups excluding carboxylic acids is 1. The number of amides is 1. The Morgan fingerprint density at radius 1 is 1.16 bits per heavy atom. The molecule has 2 aliphatic heterocycles. The van der Waals surface area contributed by atoms with Gasteiger partial charge in [0.15, 0.2) is 11.5 Å². The highest BCUT2D eigenvalue weighted by atomic mass is 32.1. The molecule has 0 aliphatic carbocycles. The molecule has 1 aromatic heterocycles. The standard InChI is InChI=1S/C24H21N3O3S/c25-12-18-17-10-11-27(13-16-6-2-1-3-7-16)14-22(17)31-24(18)26-23(28)21-15-29-19-8-4-5-9-20(19)30-21/h1-9,21H,10-11,13-15H2,(H,26,28)/t21-/m1/s1. The van der Waals surface area contributed by atoms with E-state index in [2.05, 4.69) is 28.4 Å². The lowest BCUT2D eigenvalue weighted by Crippen LogP contribution is -2.40. The molecule has 1 N–H and O–H groups in total. The number of benzene rings is 2. The molecule has 0 radical (unpaired) electrons. The lowest BCUT2D eigenvalue weighted by molar-refractivity contribution is -0.125. The van der Waals surface area contributed by atoms with Crippen molar-refractivity contribution in [2.24, 2.45) is 0 Å². The Morgan fingerprint density at radius 2 is 1.94 bits per heavy atom. The molecule has 0 bridgehead atoms. The van der Waals surface area contributed by atoms with Gasteiger partial charge >= 0.3 is 0 Å². The molecule has 1 amide bonds. The smallest absolute Gasteiger partial charge is 0.269 e. The van der Waals surface area contributed by atoms with E-state index in [0.29, 0.717) is 22.1 Å². The van der Waals surface area contributed by atoms with Crippen molar-refractivity contribution in [2.45, 2.75) is 25.6 Å². The molecule has 0 saturated carbocycles. The summed E-state index contributed by atoms with van der Waals surface area (Å²) in [6.07, 6.45) is 0.0450. The second-order valence-corrected chi connectivity index (χ2v) is 8.72. The first-order valence-electron chi connectivity index (χ1n) is 10.2. The van der Waals surface area contributed by atoms with E-state index in [-0.39, 0.29) is 12.5 Å². The summed E-state index contributed by atoms with van der Waals surface area (Å²) in [5, 5.41) is 13.3. The van der Waals surface area contributed by atoms with E-state index < -0.39 is 6.10 Å². The summed E-state index contributed by atoms with van der Waals surface area (Å²) in [4.78, 5) is 16.3. The van der Waals surface area contributed by atoms with Crippen molar-refractivity contribution in [1.29, 1.82) is 5.26 Å². The van der Waals surface area contributed by atoms with Crippen LogP contribution >= 0.6 is 11.3 Å². The molecule has 3 aromatic rings. The van der Waals surface area contributed by atoms with Crippen molar-refractivity contribution in [3.05, 3.63) is 76.2 Å². The molecule has 156 valence electrons. The van der Waals surface area contributed by atoms with Crippen LogP contribution in [0.1, 0.15) is 21.6 Å². The fourth-order valence-corrected chi connectivity index (χ4v) is 5.22. The maximum Gasteiger partial charge on any atom is 0.269 e. The molecule has 0 fully saturated rings. The molecule has 31 heavy (non-hydrogen) atoms. The van der Waals surface area contributed by atoms with Gasteiger partial charge in [0.1, 0.15) is 17.7 Å². The summed E-state index contributed by atoms with van der Waals surface area (Å²) < 4.78 is 11.5. The first-order chi connectivity index (χ1) is 15.2.